The Bertz CT molecular complexity index is 161. The summed E-state index contributed by atoms with van der Waals surface area (Å²) in [5.41, 5.74) is 5.97. The standard InChI is InChI=1S/C11H24N2O/c1-9(2)13(6-7-14)11-5-3-4-10(12)8-11/h9-11,14H,3-8,12H2,1-2H3. The monoisotopic (exact) mass is 200 g/mol. The van der Waals surface area contributed by atoms with Crippen molar-refractivity contribution in [3.63, 3.8) is 0 Å². The van der Waals surface area contributed by atoms with Crippen molar-refractivity contribution >= 4 is 0 Å². The quantitative estimate of drug-likeness (QED) is 0.710. The van der Waals surface area contributed by atoms with Crippen LogP contribution in [0.25, 0.3) is 0 Å². The molecule has 1 fully saturated rings. The summed E-state index contributed by atoms with van der Waals surface area (Å²) < 4.78 is 0. The average molecular weight is 200 g/mol. The molecule has 3 nitrogen and oxygen atoms in total. The molecule has 0 radical (unpaired) electrons. The molecule has 0 aliphatic heterocycles. The van der Waals surface area contributed by atoms with Crippen LogP contribution in [0.2, 0.25) is 0 Å². The van der Waals surface area contributed by atoms with Crippen molar-refractivity contribution in [2.75, 3.05) is 13.2 Å². The molecule has 0 aromatic carbocycles. The van der Waals surface area contributed by atoms with E-state index < -0.39 is 0 Å². The van der Waals surface area contributed by atoms with Gasteiger partial charge in [-0.1, -0.05) is 6.42 Å². The summed E-state index contributed by atoms with van der Waals surface area (Å²) in [6, 6.07) is 1.47. The fourth-order valence-electron chi connectivity index (χ4n) is 2.48. The molecule has 84 valence electrons. The number of rotatable bonds is 4. The second kappa shape index (κ2) is 5.69. The largest absolute Gasteiger partial charge is 0.395 e. The van der Waals surface area contributed by atoms with E-state index in [1.165, 1.54) is 19.3 Å². The first kappa shape index (κ1) is 12.0. The summed E-state index contributed by atoms with van der Waals surface area (Å²) in [7, 11) is 0. The Morgan fingerprint density at radius 3 is 2.64 bits per heavy atom. The minimum atomic E-state index is 0.254. The Morgan fingerprint density at radius 2 is 2.14 bits per heavy atom. The molecular formula is C11H24N2O. The fraction of sp³-hybridized carbons (Fsp3) is 1.00. The maximum atomic E-state index is 9.01. The van der Waals surface area contributed by atoms with Crippen LogP contribution in [0.1, 0.15) is 39.5 Å². The van der Waals surface area contributed by atoms with Crippen LogP contribution in [0, 0.1) is 0 Å². The second-order valence-corrected chi connectivity index (χ2v) is 4.64. The molecule has 0 spiro atoms. The molecule has 0 aromatic rings. The van der Waals surface area contributed by atoms with Crippen molar-refractivity contribution in [2.45, 2.75) is 57.7 Å². The number of aliphatic hydroxyl groups is 1. The van der Waals surface area contributed by atoms with E-state index >= 15 is 0 Å². The van der Waals surface area contributed by atoms with Gasteiger partial charge in [0.2, 0.25) is 0 Å². The molecule has 2 unspecified atom stereocenters. The lowest BCUT2D eigenvalue weighted by atomic mass is 9.90. The van der Waals surface area contributed by atoms with Crippen LogP contribution in [-0.2, 0) is 0 Å². The average Bonchev–Trinajstić information content (AvgIpc) is 2.13. The van der Waals surface area contributed by atoms with Crippen LogP contribution in [0.4, 0.5) is 0 Å². The number of aliphatic hydroxyl groups excluding tert-OH is 1. The Morgan fingerprint density at radius 1 is 1.43 bits per heavy atom. The first-order valence-electron chi connectivity index (χ1n) is 5.77. The highest BCUT2D eigenvalue weighted by atomic mass is 16.3. The molecule has 14 heavy (non-hydrogen) atoms. The topological polar surface area (TPSA) is 49.5 Å². The van der Waals surface area contributed by atoms with Crippen LogP contribution < -0.4 is 5.73 Å². The van der Waals surface area contributed by atoms with Crippen molar-refractivity contribution < 1.29 is 5.11 Å². The Hall–Kier alpha value is -0.120. The van der Waals surface area contributed by atoms with Gasteiger partial charge in [-0.15, -0.1) is 0 Å². The number of hydrogen-bond acceptors (Lipinski definition) is 3. The molecule has 1 aliphatic carbocycles. The zero-order valence-electron chi connectivity index (χ0n) is 9.45. The smallest absolute Gasteiger partial charge is 0.0558 e. The highest BCUT2D eigenvalue weighted by molar-refractivity contribution is 4.83. The van der Waals surface area contributed by atoms with Gasteiger partial charge in [-0.3, -0.25) is 4.90 Å². The molecule has 2 atom stereocenters. The second-order valence-electron chi connectivity index (χ2n) is 4.64. The van der Waals surface area contributed by atoms with E-state index in [-0.39, 0.29) is 6.61 Å². The van der Waals surface area contributed by atoms with Gasteiger partial charge in [0.1, 0.15) is 0 Å². The van der Waals surface area contributed by atoms with Gasteiger partial charge in [-0.05, 0) is 33.1 Å². The molecule has 3 heteroatoms. The van der Waals surface area contributed by atoms with E-state index in [0.29, 0.717) is 18.1 Å². The summed E-state index contributed by atoms with van der Waals surface area (Å²) in [6.45, 7) is 5.42. The molecule has 3 N–H and O–H groups in total. The maximum absolute atomic E-state index is 9.01. The molecule has 0 amide bonds. The van der Waals surface area contributed by atoms with Crippen LogP contribution >= 0.6 is 0 Å². The van der Waals surface area contributed by atoms with Gasteiger partial charge in [-0.2, -0.15) is 0 Å². The van der Waals surface area contributed by atoms with E-state index in [1.54, 1.807) is 0 Å². The van der Waals surface area contributed by atoms with Gasteiger partial charge in [-0.25, -0.2) is 0 Å². The normalized spacial score (nSPS) is 28.7. The first-order chi connectivity index (χ1) is 6.65. The molecule has 0 bridgehead atoms. The van der Waals surface area contributed by atoms with Crippen LogP contribution in [0.15, 0.2) is 0 Å². The van der Waals surface area contributed by atoms with Crippen LogP contribution in [0.3, 0.4) is 0 Å². The Labute approximate surface area is 87.3 Å². The van der Waals surface area contributed by atoms with E-state index in [9.17, 15) is 0 Å². The summed E-state index contributed by atoms with van der Waals surface area (Å²) in [6.07, 6.45) is 4.74. The predicted molar refractivity (Wildman–Crippen MR) is 59.2 cm³/mol. The molecule has 1 rings (SSSR count). The van der Waals surface area contributed by atoms with E-state index in [1.807, 2.05) is 0 Å². The van der Waals surface area contributed by atoms with Gasteiger partial charge in [0, 0.05) is 24.7 Å². The van der Waals surface area contributed by atoms with Crippen molar-refractivity contribution in [3.8, 4) is 0 Å². The van der Waals surface area contributed by atoms with E-state index in [2.05, 4.69) is 18.7 Å². The number of nitrogens with zero attached hydrogens (tertiary/aromatic N) is 1. The fourth-order valence-corrected chi connectivity index (χ4v) is 2.48. The molecule has 1 saturated carbocycles. The number of nitrogens with two attached hydrogens (primary N) is 1. The van der Waals surface area contributed by atoms with E-state index in [4.69, 9.17) is 10.8 Å². The SMILES string of the molecule is CC(C)N(CCO)C1CCCC(N)C1. The summed E-state index contributed by atoms with van der Waals surface area (Å²) in [4.78, 5) is 2.39. The van der Waals surface area contributed by atoms with Gasteiger partial charge in [0.25, 0.3) is 0 Å². The van der Waals surface area contributed by atoms with Crippen molar-refractivity contribution in [3.05, 3.63) is 0 Å². The maximum Gasteiger partial charge on any atom is 0.0558 e. The first-order valence-corrected chi connectivity index (χ1v) is 5.77. The summed E-state index contributed by atoms with van der Waals surface area (Å²) in [5.74, 6) is 0. The summed E-state index contributed by atoms with van der Waals surface area (Å²) >= 11 is 0. The zero-order chi connectivity index (χ0) is 10.6. The molecular weight excluding hydrogens is 176 g/mol. The van der Waals surface area contributed by atoms with Crippen molar-refractivity contribution in [1.82, 2.24) is 4.90 Å². The van der Waals surface area contributed by atoms with Crippen LogP contribution in [0.5, 0.6) is 0 Å². The molecule has 0 saturated heterocycles. The number of hydrogen-bond donors (Lipinski definition) is 2. The third-order valence-corrected chi connectivity index (χ3v) is 3.18. The lowest BCUT2D eigenvalue weighted by Crippen LogP contribution is -2.46. The lowest BCUT2D eigenvalue weighted by molar-refractivity contribution is 0.0896. The highest BCUT2D eigenvalue weighted by Gasteiger charge is 2.25. The van der Waals surface area contributed by atoms with Crippen molar-refractivity contribution in [2.24, 2.45) is 5.73 Å². The Kier molecular flexibility index (Phi) is 4.85. The van der Waals surface area contributed by atoms with Gasteiger partial charge < -0.3 is 10.8 Å². The predicted octanol–water partition coefficient (Wildman–Crippen LogP) is 0.959. The van der Waals surface area contributed by atoms with Gasteiger partial charge in [0.05, 0.1) is 6.61 Å². The minimum Gasteiger partial charge on any atom is -0.395 e. The lowest BCUT2D eigenvalue weighted by Gasteiger charge is -2.38. The molecule has 1 aliphatic rings. The van der Waals surface area contributed by atoms with Gasteiger partial charge in [0.15, 0.2) is 0 Å². The van der Waals surface area contributed by atoms with Gasteiger partial charge >= 0.3 is 0 Å². The zero-order valence-corrected chi connectivity index (χ0v) is 9.45. The molecule has 0 aromatic heterocycles. The third-order valence-electron chi connectivity index (χ3n) is 3.18. The molecule has 0 heterocycles. The summed E-state index contributed by atoms with van der Waals surface area (Å²) in [5, 5.41) is 9.01. The third kappa shape index (κ3) is 3.23. The van der Waals surface area contributed by atoms with E-state index in [0.717, 1.165) is 13.0 Å². The Balaban J connectivity index is 2.48. The van der Waals surface area contributed by atoms with Crippen LogP contribution in [-0.4, -0.2) is 41.3 Å². The highest BCUT2D eigenvalue weighted by Crippen LogP contribution is 2.23. The minimum absolute atomic E-state index is 0.254. The van der Waals surface area contributed by atoms with Crippen molar-refractivity contribution in [1.29, 1.82) is 0 Å².